The molecule has 1 heterocycles. The van der Waals surface area contributed by atoms with E-state index in [9.17, 15) is 4.39 Å². The van der Waals surface area contributed by atoms with Gasteiger partial charge < -0.3 is 10.3 Å². The number of aromatic nitrogens is 3. The summed E-state index contributed by atoms with van der Waals surface area (Å²) in [7, 11) is 0. The van der Waals surface area contributed by atoms with Crippen LogP contribution in [0.3, 0.4) is 0 Å². The maximum absolute atomic E-state index is 13.8. The Morgan fingerprint density at radius 3 is 2.76 bits per heavy atom. The average molecular weight is 234 g/mol. The molecule has 0 fully saturated rings. The molecular weight excluding hydrogens is 219 g/mol. The Morgan fingerprint density at radius 2 is 2.12 bits per heavy atom. The van der Waals surface area contributed by atoms with E-state index in [-0.39, 0.29) is 5.82 Å². The fourth-order valence-electron chi connectivity index (χ4n) is 1.83. The van der Waals surface area contributed by atoms with Crippen molar-refractivity contribution in [1.29, 1.82) is 0 Å². The van der Waals surface area contributed by atoms with Crippen LogP contribution in [0.1, 0.15) is 19.2 Å². The number of nitrogens with two attached hydrogens (primary N) is 1. The van der Waals surface area contributed by atoms with Crippen LogP contribution in [-0.2, 0) is 6.54 Å². The average Bonchev–Trinajstić information content (AvgIpc) is 2.62. The Bertz CT molecular complexity index is 513. The van der Waals surface area contributed by atoms with Crippen LogP contribution in [-0.4, -0.2) is 14.8 Å². The van der Waals surface area contributed by atoms with Crippen molar-refractivity contribution >= 4 is 5.69 Å². The van der Waals surface area contributed by atoms with Crippen molar-refractivity contribution < 1.29 is 4.39 Å². The molecule has 0 saturated carbocycles. The van der Waals surface area contributed by atoms with E-state index < -0.39 is 0 Å². The number of nitrogen functional groups attached to an aromatic ring is 1. The van der Waals surface area contributed by atoms with Crippen LogP contribution in [0.2, 0.25) is 0 Å². The Balaban J connectivity index is 2.60. The minimum atomic E-state index is -0.366. The van der Waals surface area contributed by atoms with Crippen LogP contribution >= 0.6 is 0 Å². The number of nitrogens with zero attached hydrogens (tertiary/aromatic N) is 3. The van der Waals surface area contributed by atoms with Gasteiger partial charge in [0.2, 0.25) is 0 Å². The normalized spacial score (nSPS) is 10.8. The Kier molecular flexibility index (Phi) is 3.08. The van der Waals surface area contributed by atoms with Gasteiger partial charge in [0.05, 0.1) is 5.56 Å². The van der Waals surface area contributed by atoms with Crippen LogP contribution in [0.5, 0.6) is 0 Å². The highest BCUT2D eigenvalue weighted by Crippen LogP contribution is 2.27. The van der Waals surface area contributed by atoms with Crippen molar-refractivity contribution in [2.24, 2.45) is 0 Å². The number of aryl methyl sites for hydroxylation is 1. The van der Waals surface area contributed by atoms with Gasteiger partial charge in [-0.2, -0.15) is 0 Å². The minimum Gasteiger partial charge on any atom is -0.398 e. The lowest BCUT2D eigenvalue weighted by Crippen LogP contribution is -2.05. The van der Waals surface area contributed by atoms with Gasteiger partial charge in [-0.1, -0.05) is 13.0 Å². The minimum absolute atomic E-state index is 0.335. The Morgan fingerprint density at radius 1 is 1.35 bits per heavy atom. The summed E-state index contributed by atoms with van der Waals surface area (Å²) in [6.07, 6.45) is 0.931. The van der Waals surface area contributed by atoms with E-state index in [4.69, 9.17) is 5.73 Å². The SMILES string of the molecule is CCCn1c(C)nnc1-c1c(N)cccc1F. The predicted octanol–water partition coefficient (Wildman–Crippen LogP) is 2.38. The second kappa shape index (κ2) is 4.53. The molecule has 0 saturated heterocycles. The van der Waals surface area contributed by atoms with E-state index in [1.807, 2.05) is 18.4 Å². The molecule has 1 aromatic heterocycles. The molecule has 0 amide bonds. The van der Waals surface area contributed by atoms with Gasteiger partial charge in [0, 0.05) is 12.2 Å². The monoisotopic (exact) mass is 234 g/mol. The van der Waals surface area contributed by atoms with Crippen molar-refractivity contribution in [2.75, 3.05) is 5.73 Å². The second-order valence-electron chi connectivity index (χ2n) is 3.93. The molecule has 2 aromatic rings. The maximum Gasteiger partial charge on any atom is 0.169 e. The zero-order valence-corrected chi connectivity index (χ0v) is 9.94. The van der Waals surface area contributed by atoms with E-state index >= 15 is 0 Å². The first-order chi connectivity index (χ1) is 8.15. The van der Waals surface area contributed by atoms with E-state index in [0.717, 1.165) is 18.8 Å². The van der Waals surface area contributed by atoms with Crippen LogP contribution in [0, 0.1) is 12.7 Å². The highest BCUT2D eigenvalue weighted by molar-refractivity contribution is 5.72. The highest BCUT2D eigenvalue weighted by atomic mass is 19.1. The lowest BCUT2D eigenvalue weighted by molar-refractivity contribution is 0.622. The van der Waals surface area contributed by atoms with Crippen LogP contribution < -0.4 is 5.73 Å². The van der Waals surface area contributed by atoms with Gasteiger partial charge in [0.15, 0.2) is 5.82 Å². The fourth-order valence-corrected chi connectivity index (χ4v) is 1.83. The van der Waals surface area contributed by atoms with Gasteiger partial charge in [-0.3, -0.25) is 0 Å². The van der Waals surface area contributed by atoms with E-state index in [0.29, 0.717) is 17.1 Å². The summed E-state index contributed by atoms with van der Waals surface area (Å²) in [5, 5.41) is 8.00. The standard InChI is InChI=1S/C12H15FN4/c1-3-7-17-8(2)15-16-12(17)11-9(13)5-4-6-10(11)14/h4-6H,3,7,14H2,1-2H3. The summed E-state index contributed by atoms with van der Waals surface area (Å²) in [4.78, 5) is 0. The van der Waals surface area contributed by atoms with Crippen LogP contribution in [0.15, 0.2) is 18.2 Å². The maximum atomic E-state index is 13.8. The molecule has 0 spiro atoms. The predicted molar refractivity (Wildman–Crippen MR) is 64.9 cm³/mol. The molecular formula is C12H15FN4. The molecule has 4 nitrogen and oxygen atoms in total. The van der Waals surface area contributed by atoms with Crippen molar-refractivity contribution in [1.82, 2.24) is 14.8 Å². The Labute approximate surface area is 99.3 Å². The molecule has 0 bridgehead atoms. The zero-order chi connectivity index (χ0) is 12.4. The molecule has 0 unspecified atom stereocenters. The third-order valence-corrected chi connectivity index (χ3v) is 2.65. The number of benzene rings is 1. The first-order valence-corrected chi connectivity index (χ1v) is 5.59. The molecule has 1 aromatic carbocycles. The van der Waals surface area contributed by atoms with E-state index in [2.05, 4.69) is 10.2 Å². The Hall–Kier alpha value is -1.91. The van der Waals surface area contributed by atoms with Crippen molar-refractivity contribution in [3.05, 3.63) is 29.8 Å². The number of rotatable bonds is 3. The number of hydrogen-bond acceptors (Lipinski definition) is 3. The van der Waals surface area contributed by atoms with Gasteiger partial charge in [0.1, 0.15) is 11.6 Å². The molecule has 0 aliphatic carbocycles. The van der Waals surface area contributed by atoms with Crippen molar-refractivity contribution in [2.45, 2.75) is 26.8 Å². The molecule has 17 heavy (non-hydrogen) atoms. The molecule has 2 rings (SSSR count). The quantitative estimate of drug-likeness (QED) is 0.829. The van der Waals surface area contributed by atoms with Gasteiger partial charge in [-0.15, -0.1) is 10.2 Å². The molecule has 2 N–H and O–H groups in total. The van der Waals surface area contributed by atoms with E-state index in [1.54, 1.807) is 12.1 Å². The van der Waals surface area contributed by atoms with Gasteiger partial charge in [-0.05, 0) is 25.5 Å². The summed E-state index contributed by atoms with van der Waals surface area (Å²) in [6.45, 7) is 4.65. The fraction of sp³-hybridized carbons (Fsp3) is 0.333. The molecule has 0 aliphatic heterocycles. The lowest BCUT2D eigenvalue weighted by Gasteiger charge is -2.09. The summed E-state index contributed by atoms with van der Waals surface area (Å²) in [5.41, 5.74) is 6.53. The highest BCUT2D eigenvalue weighted by Gasteiger charge is 2.16. The molecule has 90 valence electrons. The van der Waals surface area contributed by atoms with Gasteiger partial charge in [0.25, 0.3) is 0 Å². The summed E-state index contributed by atoms with van der Waals surface area (Å²) < 4.78 is 15.7. The first-order valence-electron chi connectivity index (χ1n) is 5.59. The van der Waals surface area contributed by atoms with Crippen LogP contribution in [0.4, 0.5) is 10.1 Å². The van der Waals surface area contributed by atoms with Gasteiger partial charge >= 0.3 is 0 Å². The first kappa shape index (κ1) is 11.6. The largest absolute Gasteiger partial charge is 0.398 e. The molecule has 0 aliphatic rings. The van der Waals surface area contributed by atoms with Crippen molar-refractivity contribution in [3.8, 4) is 11.4 Å². The van der Waals surface area contributed by atoms with E-state index in [1.165, 1.54) is 6.07 Å². The number of anilines is 1. The third-order valence-electron chi connectivity index (χ3n) is 2.65. The summed E-state index contributed by atoms with van der Waals surface area (Å²) in [5.74, 6) is 0.902. The third kappa shape index (κ3) is 2.00. The zero-order valence-electron chi connectivity index (χ0n) is 9.94. The van der Waals surface area contributed by atoms with Crippen molar-refractivity contribution in [3.63, 3.8) is 0 Å². The second-order valence-corrected chi connectivity index (χ2v) is 3.93. The number of hydrogen-bond donors (Lipinski definition) is 1. The smallest absolute Gasteiger partial charge is 0.169 e. The summed E-state index contributed by atoms with van der Waals surface area (Å²) in [6, 6.07) is 4.63. The molecule has 0 atom stereocenters. The molecule has 5 heteroatoms. The lowest BCUT2D eigenvalue weighted by atomic mass is 10.1. The number of halogens is 1. The van der Waals surface area contributed by atoms with Gasteiger partial charge in [-0.25, -0.2) is 4.39 Å². The molecule has 0 radical (unpaired) electrons. The van der Waals surface area contributed by atoms with Crippen LogP contribution in [0.25, 0.3) is 11.4 Å². The summed E-state index contributed by atoms with van der Waals surface area (Å²) >= 11 is 0. The topological polar surface area (TPSA) is 56.7 Å².